The monoisotopic (exact) mass is 1460 g/mol. The zero-order valence-corrected chi connectivity index (χ0v) is 65.1. The molecule has 0 aromatic rings. The van der Waals surface area contributed by atoms with E-state index in [9.17, 15) is 43.5 Å². The lowest BCUT2D eigenvalue weighted by molar-refractivity contribution is -0.161. The van der Waals surface area contributed by atoms with Crippen molar-refractivity contribution < 1.29 is 75.8 Å². The number of carbonyl (C=O) groups excluding carboxylic acids is 3. The van der Waals surface area contributed by atoms with Crippen molar-refractivity contribution in [3.05, 3.63) is 134 Å². The van der Waals surface area contributed by atoms with Crippen LogP contribution >= 0.6 is 15.6 Å². The first-order valence-electron chi connectivity index (χ1n) is 39.5. The van der Waals surface area contributed by atoms with Crippen molar-refractivity contribution >= 4 is 33.6 Å². The third kappa shape index (κ3) is 76.6. The minimum atomic E-state index is -4.94. The van der Waals surface area contributed by atoms with E-state index in [4.69, 9.17) is 32.3 Å². The molecule has 0 saturated heterocycles. The quantitative estimate of drug-likeness (QED) is 0.0146. The van der Waals surface area contributed by atoms with Gasteiger partial charge in [-0.3, -0.25) is 32.5 Å². The van der Waals surface area contributed by atoms with Gasteiger partial charge in [-0.1, -0.05) is 289 Å². The number of phosphoric ester groups is 2. The fraction of sp³-hybridized carbons (Fsp3) is 0.699. The van der Waals surface area contributed by atoms with Gasteiger partial charge in [-0.2, -0.15) is 0 Å². The van der Waals surface area contributed by atoms with Gasteiger partial charge >= 0.3 is 33.6 Å². The van der Waals surface area contributed by atoms with Gasteiger partial charge < -0.3 is 34.2 Å². The van der Waals surface area contributed by atoms with Crippen LogP contribution in [0.4, 0.5) is 0 Å². The predicted octanol–water partition coefficient (Wildman–Crippen LogP) is 23.1. The van der Waals surface area contributed by atoms with Crippen molar-refractivity contribution in [2.45, 2.75) is 334 Å². The molecule has 0 heterocycles. The molecule has 0 amide bonds. The first kappa shape index (κ1) is 96.7. The zero-order chi connectivity index (χ0) is 73.7. The van der Waals surface area contributed by atoms with Crippen molar-refractivity contribution in [1.29, 1.82) is 0 Å². The number of unbranched alkanes of at least 4 members (excludes halogenated alkanes) is 29. The van der Waals surface area contributed by atoms with Crippen LogP contribution in [0.1, 0.15) is 316 Å². The van der Waals surface area contributed by atoms with Crippen LogP contribution in [0.2, 0.25) is 0 Å². The van der Waals surface area contributed by atoms with E-state index in [-0.39, 0.29) is 19.3 Å². The SMILES string of the molecule is CC/C=C\C/C=C\C/C=C\CCCCCCCCCC(=O)OC(COC(=O)CCCCCCC/C=C\C/C=C\C/C=C\C/C=C\CCCCC)COP(=O)(O)OCC(O)COP(=O)(O)OCC(O)COC(=O)CCCCCCCCCCCCC/C=C\C/C=C\C/C=C\C/C=C\CCCCC. The van der Waals surface area contributed by atoms with Crippen LogP contribution in [0.5, 0.6) is 0 Å². The van der Waals surface area contributed by atoms with E-state index < -0.39 is 91.5 Å². The highest BCUT2D eigenvalue weighted by Gasteiger charge is 2.29. The molecular formula is C83H142O16P2. The average molecular weight is 1460 g/mol. The summed E-state index contributed by atoms with van der Waals surface area (Å²) >= 11 is 0. The van der Waals surface area contributed by atoms with E-state index in [1.165, 1.54) is 96.3 Å². The molecule has 0 aliphatic heterocycles. The first-order valence-corrected chi connectivity index (χ1v) is 42.5. The summed E-state index contributed by atoms with van der Waals surface area (Å²) in [7, 11) is -9.80. The van der Waals surface area contributed by atoms with Crippen LogP contribution in [0, 0.1) is 0 Å². The third-order valence-corrected chi connectivity index (χ3v) is 18.2. The summed E-state index contributed by atoms with van der Waals surface area (Å²) in [4.78, 5) is 58.7. The van der Waals surface area contributed by atoms with Crippen molar-refractivity contribution in [2.24, 2.45) is 0 Å². The molecular weight excluding hydrogens is 1310 g/mol. The number of allylic oxidation sites excluding steroid dienone is 22. The van der Waals surface area contributed by atoms with Crippen molar-refractivity contribution in [1.82, 2.24) is 0 Å². The molecule has 101 heavy (non-hydrogen) atoms. The van der Waals surface area contributed by atoms with Gasteiger partial charge in [0.05, 0.1) is 26.4 Å². The van der Waals surface area contributed by atoms with Crippen LogP contribution in [0.25, 0.3) is 0 Å². The Bertz CT molecular complexity index is 2370. The molecule has 0 aromatic heterocycles. The van der Waals surface area contributed by atoms with Gasteiger partial charge in [-0.05, 0) is 141 Å². The van der Waals surface area contributed by atoms with Crippen LogP contribution in [0.3, 0.4) is 0 Å². The van der Waals surface area contributed by atoms with Crippen LogP contribution in [-0.2, 0) is 55.8 Å². The molecule has 16 nitrogen and oxygen atoms in total. The summed E-state index contributed by atoms with van der Waals surface area (Å²) in [6.45, 7) is 2.49. The molecule has 0 aromatic carbocycles. The molecule has 580 valence electrons. The summed E-state index contributed by atoms with van der Waals surface area (Å²) in [5, 5.41) is 20.6. The molecule has 0 aliphatic carbocycles. The molecule has 5 unspecified atom stereocenters. The summed E-state index contributed by atoms with van der Waals surface area (Å²) in [6, 6.07) is 0. The molecule has 0 radical (unpaired) electrons. The average Bonchev–Trinajstić information content (AvgIpc) is 1.04. The van der Waals surface area contributed by atoms with Crippen molar-refractivity contribution in [3.63, 3.8) is 0 Å². The molecule has 0 spiro atoms. The van der Waals surface area contributed by atoms with Gasteiger partial charge in [0.2, 0.25) is 0 Å². The highest BCUT2D eigenvalue weighted by Crippen LogP contribution is 2.45. The Morgan fingerprint density at radius 3 is 0.832 bits per heavy atom. The van der Waals surface area contributed by atoms with Crippen LogP contribution < -0.4 is 0 Å². The fourth-order valence-corrected chi connectivity index (χ4v) is 11.9. The van der Waals surface area contributed by atoms with Gasteiger partial charge in [0.25, 0.3) is 0 Å². The standard InChI is InChI=1S/C83H142O16P2/c1-4-7-10-13-16-19-22-25-28-31-33-35-36-37-38-39-40-42-44-46-48-51-54-57-60-63-66-69-81(86)93-72-78(84)73-95-100(89,90)96-74-79(85)75-97-101(91,92)98-77-80(99-83(88)71-68-65-62-59-56-53-50-45-30-27-24-21-18-15-12-9-6-3)76-94-82(87)70-67-64-61-58-55-52-49-47-43-41-34-32-29-26-23-20-17-14-11-8-5-2/h9,12,16-21,25-30,33-35,37-38,41,47,49,78-80,84-85H,4-8,10-11,13-15,22-24,31-32,36,39-40,42-46,48,50-77H2,1-3H3,(H,89,90)(H,91,92)/b12-9-,19-16-,20-17-,21-18-,28-25-,29-26-,30-27-,35-33-,38-37-,41-34-,49-47-. The third-order valence-electron chi connectivity index (χ3n) is 16.3. The second kappa shape index (κ2) is 75.4. The van der Waals surface area contributed by atoms with Crippen LogP contribution in [-0.4, -0.2) is 95.9 Å². The molecule has 0 fully saturated rings. The Kier molecular flexibility index (Phi) is 72.2. The lowest BCUT2D eigenvalue weighted by Crippen LogP contribution is -2.30. The number of hydrogen-bond donors (Lipinski definition) is 4. The summed E-state index contributed by atoms with van der Waals surface area (Å²) in [6.07, 6.45) is 90.6. The number of aliphatic hydroxyl groups is 2. The second-order valence-electron chi connectivity index (χ2n) is 26.1. The molecule has 0 rings (SSSR count). The van der Waals surface area contributed by atoms with E-state index in [1.807, 2.05) is 0 Å². The molecule has 5 atom stereocenters. The van der Waals surface area contributed by atoms with Crippen molar-refractivity contribution in [2.75, 3.05) is 39.6 Å². The van der Waals surface area contributed by atoms with E-state index in [2.05, 4.69) is 154 Å². The Hall–Kier alpha value is -4.31. The Morgan fingerprint density at radius 1 is 0.287 bits per heavy atom. The first-order chi connectivity index (χ1) is 49.2. The maximum absolute atomic E-state index is 13.0. The lowest BCUT2D eigenvalue weighted by atomic mass is 10.0. The maximum atomic E-state index is 13.0. The number of carbonyl (C=O) groups is 3. The highest BCUT2D eigenvalue weighted by molar-refractivity contribution is 7.47. The van der Waals surface area contributed by atoms with Gasteiger partial charge in [0.15, 0.2) is 6.10 Å². The largest absolute Gasteiger partial charge is 0.472 e. The van der Waals surface area contributed by atoms with E-state index in [0.29, 0.717) is 19.3 Å². The molecule has 0 aliphatic rings. The van der Waals surface area contributed by atoms with Crippen LogP contribution in [0.15, 0.2) is 134 Å². The Labute approximate surface area is 614 Å². The molecule has 18 heteroatoms. The summed E-state index contributed by atoms with van der Waals surface area (Å²) < 4.78 is 61.1. The van der Waals surface area contributed by atoms with E-state index in [0.717, 1.165) is 161 Å². The minimum absolute atomic E-state index is 0.0855. The van der Waals surface area contributed by atoms with Gasteiger partial charge in [-0.15, -0.1) is 0 Å². The van der Waals surface area contributed by atoms with Gasteiger partial charge in [0.1, 0.15) is 25.4 Å². The topological polar surface area (TPSA) is 231 Å². The smallest absolute Gasteiger partial charge is 0.463 e. The number of esters is 3. The summed E-state index contributed by atoms with van der Waals surface area (Å²) in [5.74, 6) is -1.61. The number of ether oxygens (including phenoxy) is 3. The fourth-order valence-electron chi connectivity index (χ4n) is 10.3. The van der Waals surface area contributed by atoms with E-state index in [1.54, 1.807) is 0 Å². The lowest BCUT2D eigenvalue weighted by Gasteiger charge is -2.21. The van der Waals surface area contributed by atoms with Gasteiger partial charge in [-0.25, -0.2) is 9.13 Å². The normalized spacial score (nSPS) is 14.7. The van der Waals surface area contributed by atoms with Crippen molar-refractivity contribution in [3.8, 4) is 0 Å². The number of phosphoric acid groups is 2. The predicted molar refractivity (Wildman–Crippen MR) is 417 cm³/mol. The number of aliphatic hydroxyl groups excluding tert-OH is 2. The molecule has 0 saturated carbocycles. The maximum Gasteiger partial charge on any atom is 0.472 e. The number of rotatable bonds is 74. The molecule has 0 bridgehead atoms. The molecule has 4 N–H and O–H groups in total. The Morgan fingerprint density at radius 2 is 0.525 bits per heavy atom. The Balaban J connectivity index is 4.62. The number of hydrogen-bond acceptors (Lipinski definition) is 14. The minimum Gasteiger partial charge on any atom is -0.463 e. The van der Waals surface area contributed by atoms with E-state index >= 15 is 0 Å². The highest BCUT2D eigenvalue weighted by atomic mass is 31.2. The zero-order valence-electron chi connectivity index (χ0n) is 63.3. The van der Waals surface area contributed by atoms with Gasteiger partial charge in [0, 0.05) is 19.3 Å². The summed E-state index contributed by atoms with van der Waals surface area (Å²) in [5.41, 5.74) is 0. The second-order valence-corrected chi connectivity index (χ2v) is 29.0.